The monoisotopic (exact) mass is 276 g/mol. The molecule has 0 atom stereocenters. The van der Waals surface area contributed by atoms with Crippen molar-refractivity contribution in [1.82, 2.24) is 0 Å². The summed E-state index contributed by atoms with van der Waals surface area (Å²) in [7, 11) is 0. The van der Waals surface area contributed by atoms with Crippen LogP contribution in [0.3, 0.4) is 0 Å². The van der Waals surface area contributed by atoms with E-state index in [1.807, 2.05) is 0 Å². The molecule has 0 heterocycles. The molecule has 0 aromatic heterocycles. The fourth-order valence-corrected chi connectivity index (χ4v) is 4.56. The van der Waals surface area contributed by atoms with Crippen molar-refractivity contribution in [2.45, 2.75) is 58.8 Å². The van der Waals surface area contributed by atoms with E-state index in [2.05, 4.69) is 52.0 Å². The van der Waals surface area contributed by atoms with Crippen LogP contribution in [0, 0.1) is 27.7 Å². The number of benzene rings is 2. The Labute approximate surface area is 128 Å². The largest absolute Gasteiger partial charge is 0.0555 e. The van der Waals surface area contributed by atoms with Gasteiger partial charge < -0.3 is 0 Å². The van der Waals surface area contributed by atoms with Gasteiger partial charge in [-0.1, -0.05) is 24.3 Å². The van der Waals surface area contributed by atoms with E-state index in [9.17, 15) is 0 Å². The van der Waals surface area contributed by atoms with Crippen LogP contribution >= 0.6 is 0 Å². The zero-order valence-corrected chi connectivity index (χ0v) is 13.6. The molecule has 0 radical (unpaired) electrons. The third-order valence-electron chi connectivity index (χ3n) is 6.11. The van der Waals surface area contributed by atoms with E-state index in [1.54, 1.807) is 22.3 Å². The molecule has 21 heavy (non-hydrogen) atoms. The van der Waals surface area contributed by atoms with Crippen LogP contribution in [0.15, 0.2) is 24.3 Å². The average molecular weight is 276 g/mol. The second kappa shape index (κ2) is 4.22. The van der Waals surface area contributed by atoms with Gasteiger partial charge in [-0.25, -0.2) is 0 Å². The van der Waals surface area contributed by atoms with Crippen LogP contribution in [-0.4, -0.2) is 0 Å². The standard InChI is InChI=1S/C21H24/c1-13-9-17-5-7-21(19(17)11-15(13)3)8-6-18-10-14(2)16(4)12-20(18)21/h9-12H,5-8H2,1-4H3. The summed E-state index contributed by atoms with van der Waals surface area (Å²) in [5, 5.41) is 0. The van der Waals surface area contributed by atoms with Crippen LogP contribution < -0.4 is 0 Å². The third kappa shape index (κ3) is 1.68. The van der Waals surface area contributed by atoms with Crippen LogP contribution in [0.4, 0.5) is 0 Å². The highest BCUT2D eigenvalue weighted by Crippen LogP contribution is 2.53. The van der Waals surface area contributed by atoms with Crippen LogP contribution in [0.2, 0.25) is 0 Å². The summed E-state index contributed by atoms with van der Waals surface area (Å²) in [5.74, 6) is 0. The van der Waals surface area contributed by atoms with Crippen molar-refractivity contribution in [3.63, 3.8) is 0 Å². The topological polar surface area (TPSA) is 0 Å². The van der Waals surface area contributed by atoms with E-state index in [-0.39, 0.29) is 0 Å². The average Bonchev–Trinajstić information content (AvgIpc) is 2.96. The van der Waals surface area contributed by atoms with Crippen LogP contribution in [-0.2, 0) is 18.3 Å². The Balaban J connectivity index is 1.95. The lowest BCUT2D eigenvalue weighted by Gasteiger charge is -2.28. The first kappa shape index (κ1) is 13.1. The molecule has 1 spiro atoms. The van der Waals surface area contributed by atoms with Crippen molar-refractivity contribution >= 4 is 0 Å². The van der Waals surface area contributed by atoms with Gasteiger partial charge in [-0.05, 0) is 97.9 Å². The van der Waals surface area contributed by atoms with E-state index in [1.165, 1.54) is 47.9 Å². The van der Waals surface area contributed by atoms with Gasteiger partial charge in [0.1, 0.15) is 0 Å². The summed E-state index contributed by atoms with van der Waals surface area (Å²) >= 11 is 0. The van der Waals surface area contributed by atoms with E-state index in [4.69, 9.17) is 0 Å². The van der Waals surface area contributed by atoms with Gasteiger partial charge in [-0.15, -0.1) is 0 Å². The molecule has 0 amide bonds. The summed E-state index contributed by atoms with van der Waals surface area (Å²) in [4.78, 5) is 0. The van der Waals surface area contributed by atoms with Crippen LogP contribution in [0.5, 0.6) is 0 Å². The highest BCUT2D eigenvalue weighted by atomic mass is 14.5. The molecule has 0 unspecified atom stereocenters. The number of rotatable bonds is 0. The Bertz CT molecular complexity index is 684. The molecule has 0 heteroatoms. The number of fused-ring (bicyclic) bond motifs is 4. The normalized spacial score (nSPS) is 18.1. The van der Waals surface area contributed by atoms with E-state index in [0.717, 1.165) is 0 Å². The highest BCUT2D eigenvalue weighted by Gasteiger charge is 2.44. The molecule has 0 saturated heterocycles. The molecule has 2 aliphatic carbocycles. The Morgan fingerprint density at radius 1 is 0.619 bits per heavy atom. The predicted octanol–water partition coefficient (Wildman–Crippen LogP) is 5.10. The number of hydrogen-bond donors (Lipinski definition) is 0. The zero-order valence-electron chi connectivity index (χ0n) is 13.6. The maximum Gasteiger partial charge on any atom is 0.0214 e. The Morgan fingerprint density at radius 2 is 1.00 bits per heavy atom. The molecule has 0 nitrogen and oxygen atoms in total. The van der Waals surface area contributed by atoms with Gasteiger partial charge in [-0.2, -0.15) is 0 Å². The van der Waals surface area contributed by atoms with Gasteiger partial charge >= 0.3 is 0 Å². The van der Waals surface area contributed by atoms with Crippen molar-refractivity contribution in [3.8, 4) is 0 Å². The molecule has 2 aliphatic rings. The van der Waals surface area contributed by atoms with Crippen LogP contribution in [0.25, 0.3) is 0 Å². The summed E-state index contributed by atoms with van der Waals surface area (Å²) in [5.41, 5.74) is 12.6. The first-order valence-corrected chi connectivity index (χ1v) is 8.22. The molecule has 0 N–H and O–H groups in total. The van der Waals surface area contributed by atoms with Crippen molar-refractivity contribution in [2.24, 2.45) is 0 Å². The molecular weight excluding hydrogens is 252 g/mol. The van der Waals surface area contributed by atoms with E-state index in [0.29, 0.717) is 5.41 Å². The third-order valence-corrected chi connectivity index (χ3v) is 6.11. The van der Waals surface area contributed by atoms with Gasteiger partial charge in [-0.3, -0.25) is 0 Å². The van der Waals surface area contributed by atoms with Crippen molar-refractivity contribution in [2.75, 3.05) is 0 Å². The molecule has 0 fully saturated rings. The van der Waals surface area contributed by atoms with Crippen molar-refractivity contribution < 1.29 is 0 Å². The molecule has 108 valence electrons. The van der Waals surface area contributed by atoms with Crippen LogP contribution in [0.1, 0.15) is 57.3 Å². The van der Waals surface area contributed by atoms with Gasteiger partial charge in [0.15, 0.2) is 0 Å². The van der Waals surface area contributed by atoms with Gasteiger partial charge in [0.2, 0.25) is 0 Å². The maximum absolute atomic E-state index is 2.49. The quantitative estimate of drug-likeness (QED) is 0.628. The minimum Gasteiger partial charge on any atom is -0.0555 e. The van der Waals surface area contributed by atoms with E-state index < -0.39 is 0 Å². The van der Waals surface area contributed by atoms with E-state index >= 15 is 0 Å². The first-order chi connectivity index (χ1) is 10.0. The summed E-state index contributed by atoms with van der Waals surface area (Å²) in [6.07, 6.45) is 5.12. The lowest BCUT2D eigenvalue weighted by Crippen LogP contribution is -2.21. The first-order valence-electron chi connectivity index (χ1n) is 8.22. The Hall–Kier alpha value is -1.56. The fraction of sp³-hybridized carbons (Fsp3) is 0.429. The van der Waals surface area contributed by atoms with Gasteiger partial charge in [0.25, 0.3) is 0 Å². The molecule has 2 aromatic carbocycles. The maximum atomic E-state index is 2.49. The molecular formula is C21H24. The minimum absolute atomic E-state index is 0.321. The lowest BCUT2D eigenvalue weighted by molar-refractivity contribution is 0.507. The van der Waals surface area contributed by atoms with Gasteiger partial charge in [0.05, 0.1) is 0 Å². The highest BCUT2D eigenvalue weighted by molar-refractivity contribution is 5.57. The number of aryl methyl sites for hydroxylation is 6. The smallest absolute Gasteiger partial charge is 0.0214 e. The van der Waals surface area contributed by atoms with Gasteiger partial charge in [0, 0.05) is 5.41 Å². The summed E-state index contributed by atoms with van der Waals surface area (Å²) in [6, 6.07) is 9.86. The molecule has 4 rings (SSSR count). The lowest BCUT2D eigenvalue weighted by atomic mass is 9.75. The summed E-state index contributed by atoms with van der Waals surface area (Å²) in [6.45, 7) is 9.02. The second-order valence-electron chi connectivity index (χ2n) is 7.27. The SMILES string of the molecule is Cc1cc2c(cc1C)C1(CC2)CCc2cc(C)c(C)cc21. The molecule has 0 bridgehead atoms. The Kier molecular flexibility index (Phi) is 2.64. The minimum atomic E-state index is 0.321. The Morgan fingerprint density at radius 3 is 1.43 bits per heavy atom. The summed E-state index contributed by atoms with van der Waals surface area (Å²) < 4.78 is 0. The zero-order chi connectivity index (χ0) is 14.8. The van der Waals surface area contributed by atoms with Crippen molar-refractivity contribution in [1.29, 1.82) is 0 Å². The fourth-order valence-electron chi connectivity index (χ4n) is 4.56. The second-order valence-corrected chi connectivity index (χ2v) is 7.27. The van der Waals surface area contributed by atoms with Crippen molar-refractivity contribution in [3.05, 3.63) is 68.8 Å². The number of hydrogen-bond acceptors (Lipinski definition) is 0. The molecule has 0 saturated carbocycles. The molecule has 2 aromatic rings. The molecule has 0 aliphatic heterocycles. The predicted molar refractivity (Wildman–Crippen MR) is 89.3 cm³/mol.